The standard InChI is InChI=1S/C9H20N2.C2H6/c1-4-9(5-6-10-2)7-11(3)8-9;1-2/h10H,4-8H2,1-3H3;1-2H3. The topological polar surface area (TPSA) is 15.3 Å². The summed E-state index contributed by atoms with van der Waals surface area (Å²) in [5.41, 5.74) is 0.651. The van der Waals surface area contributed by atoms with Crippen molar-refractivity contribution >= 4 is 0 Å². The summed E-state index contributed by atoms with van der Waals surface area (Å²) in [6.45, 7) is 10.1. The van der Waals surface area contributed by atoms with Crippen molar-refractivity contribution in [1.29, 1.82) is 0 Å². The Hall–Kier alpha value is -0.0800. The van der Waals surface area contributed by atoms with Crippen LogP contribution in [-0.2, 0) is 0 Å². The average Bonchev–Trinajstić information content (AvgIpc) is 2.14. The fourth-order valence-electron chi connectivity index (χ4n) is 2.05. The summed E-state index contributed by atoms with van der Waals surface area (Å²) in [6.07, 6.45) is 2.67. The predicted molar refractivity (Wildman–Crippen MR) is 60.1 cm³/mol. The van der Waals surface area contributed by atoms with E-state index in [0.29, 0.717) is 5.41 Å². The molecule has 1 rings (SSSR count). The molecule has 0 aromatic carbocycles. The predicted octanol–water partition coefficient (Wildman–Crippen LogP) is 1.96. The van der Waals surface area contributed by atoms with Crippen LogP contribution in [0.25, 0.3) is 0 Å². The van der Waals surface area contributed by atoms with Crippen LogP contribution in [-0.4, -0.2) is 38.6 Å². The third kappa shape index (κ3) is 3.65. The number of nitrogens with zero attached hydrogens (tertiary/aromatic N) is 1. The smallest absolute Gasteiger partial charge is 0.00478 e. The maximum absolute atomic E-state index is 3.22. The van der Waals surface area contributed by atoms with Crippen LogP contribution in [0.15, 0.2) is 0 Å². The molecule has 2 heteroatoms. The van der Waals surface area contributed by atoms with Crippen LogP contribution >= 0.6 is 0 Å². The lowest BCUT2D eigenvalue weighted by Crippen LogP contribution is -2.54. The van der Waals surface area contributed by atoms with Gasteiger partial charge >= 0.3 is 0 Å². The summed E-state index contributed by atoms with van der Waals surface area (Å²) >= 11 is 0. The number of hydrogen-bond donors (Lipinski definition) is 1. The minimum Gasteiger partial charge on any atom is -0.320 e. The summed E-state index contributed by atoms with van der Waals surface area (Å²) in [4.78, 5) is 2.40. The summed E-state index contributed by atoms with van der Waals surface area (Å²) < 4.78 is 0. The summed E-state index contributed by atoms with van der Waals surface area (Å²) in [5, 5.41) is 3.22. The van der Waals surface area contributed by atoms with E-state index in [9.17, 15) is 0 Å². The third-order valence-corrected chi connectivity index (χ3v) is 2.87. The van der Waals surface area contributed by atoms with Crippen molar-refractivity contribution in [2.24, 2.45) is 5.41 Å². The molecule has 0 amide bonds. The summed E-state index contributed by atoms with van der Waals surface area (Å²) in [5.74, 6) is 0. The second-order valence-electron chi connectivity index (χ2n) is 3.88. The lowest BCUT2D eigenvalue weighted by Gasteiger charge is -2.48. The molecule has 0 radical (unpaired) electrons. The summed E-state index contributed by atoms with van der Waals surface area (Å²) in [6, 6.07) is 0. The van der Waals surface area contributed by atoms with E-state index < -0.39 is 0 Å². The largest absolute Gasteiger partial charge is 0.320 e. The fraction of sp³-hybridized carbons (Fsp3) is 1.00. The fourth-order valence-corrected chi connectivity index (χ4v) is 2.05. The second kappa shape index (κ2) is 6.39. The van der Waals surface area contributed by atoms with Crippen LogP contribution in [0.2, 0.25) is 0 Å². The molecule has 1 aliphatic rings. The van der Waals surface area contributed by atoms with Crippen LogP contribution in [0.3, 0.4) is 0 Å². The van der Waals surface area contributed by atoms with E-state index in [4.69, 9.17) is 0 Å². The second-order valence-corrected chi connectivity index (χ2v) is 3.88. The maximum Gasteiger partial charge on any atom is 0.00478 e. The van der Waals surface area contributed by atoms with Gasteiger partial charge < -0.3 is 10.2 Å². The monoisotopic (exact) mass is 186 g/mol. The van der Waals surface area contributed by atoms with Crippen molar-refractivity contribution in [3.05, 3.63) is 0 Å². The molecule has 80 valence electrons. The van der Waals surface area contributed by atoms with Crippen LogP contribution in [0.5, 0.6) is 0 Å². The minimum atomic E-state index is 0.651. The van der Waals surface area contributed by atoms with Crippen molar-refractivity contribution in [1.82, 2.24) is 10.2 Å². The van der Waals surface area contributed by atoms with Crippen molar-refractivity contribution in [3.63, 3.8) is 0 Å². The lowest BCUT2D eigenvalue weighted by molar-refractivity contribution is 0.0119. The SMILES string of the molecule is CC.CCC1(CCNC)CN(C)C1. The summed E-state index contributed by atoms with van der Waals surface area (Å²) in [7, 11) is 4.24. The van der Waals surface area contributed by atoms with E-state index in [1.807, 2.05) is 20.9 Å². The first-order valence-corrected chi connectivity index (χ1v) is 5.55. The Morgan fingerprint density at radius 1 is 1.31 bits per heavy atom. The number of rotatable bonds is 4. The zero-order valence-corrected chi connectivity index (χ0v) is 9.98. The van der Waals surface area contributed by atoms with Gasteiger partial charge in [0.1, 0.15) is 0 Å². The Morgan fingerprint density at radius 2 is 1.85 bits per heavy atom. The number of likely N-dealkylation sites (tertiary alicyclic amines) is 1. The van der Waals surface area contributed by atoms with Crippen LogP contribution in [0.4, 0.5) is 0 Å². The average molecular weight is 186 g/mol. The van der Waals surface area contributed by atoms with Gasteiger partial charge in [0, 0.05) is 13.1 Å². The molecule has 1 aliphatic heterocycles. The molecule has 0 atom stereocenters. The molecule has 1 saturated heterocycles. The van der Waals surface area contributed by atoms with Gasteiger partial charge in [-0.1, -0.05) is 20.8 Å². The van der Waals surface area contributed by atoms with Gasteiger partial charge in [0.15, 0.2) is 0 Å². The number of nitrogens with one attached hydrogen (secondary N) is 1. The van der Waals surface area contributed by atoms with Crippen molar-refractivity contribution in [3.8, 4) is 0 Å². The van der Waals surface area contributed by atoms with Gasteiger partial charge in [0.2, 0.25) is 0 Å². The Bertz CT molecular complexity index is 117. The maximum atomic E-state index is 3.22. The van der Waals surface area contributed by atoms with Gasteiger partial charge in [-0.05, 0) is 38.9 Å². The molecule has 0 aromatic heterocycles. The zero-order chi connectivity index (χ0) is 10.3. The Labute approximate surface area is 83.7 Å². The van der Waals surface area contributed by atoms with Crippen molar-refractivity contribution in [2.45, 2.75) is 33.6 Å². The van der Waals surface area contributed by atoms with Crippen LogP contribution in [0, 0.1) is 5.41 Å². The van der Waals surface area contributed by atoms with Gasteiger partial charge in [-0.25, -0.2) is 0 Å². The van der Waals surface area contributed by atoms with E-state index in [1.165, 1.54) is 32.5 Å². The highest BCUT2D eigenvalue weighted by Crippen LogP contribution is 2.35. The van der Waals surface area contributed by atoms with Gasteiger partial charge in [0.05, 0.1) is 0 Å². The van der Waals surface area contributed by atoms with Gasteiger partial charge in [-0.2, -0.15) is 0 Å². The molecule has 0 spiro atoms. The molecule has 0 unspecified atom stereocenters. The molecule has 0 bridgehead atoms. The van der Waals surface area contributed by atoms with Gasteiger partial charge in [0.25, 0.3) is 0 Å². The first-order valence-electron chi connectivity index (χ1n) is 5.55. The number of hydrogen-bond acceptors (Lipinski definition) is 2. The Morgan fingerprint density at radius 3 is 2.15 bits per heavy atom. The zero-order valence-electron chi connectivity index (χ0n) is 9.98. The lowest BCUT2D eigenvalue weighted by atomic mass is 9.75. The third-order valence-electron chi connectivity index (χ3n) is 2.87. The van der Waals surface area contributed by atoms with E-state index >= 15 is 0 Å². The molecular formula is C11H26N2. The highest BCUT2D eigenvalue weighted by molar-refractivity contribution is 4.92. The van der Waals surface area contributed by atoms with Crippen LogP contribution < -0.4 is 5.32 Å². The Kier molecular flexibility index (Phi) is 6.35. The first kappa shape index (κ1) is 12.9. The van der Waals surface area contributed by atoms with E-state index in [2.05, 4.69) is 24.2 Å². The molecular weight excluding hydrogens is 160 g/mol. The molecule has 0 saturated carbocycles. The minimum absolute atomic E-state index is 0.651. The van der Waals surface area contributed by atoms with Gasteiger partial charge in [-0.15, -0.1) is 0 Å². The van der Waals surface area contributed by atoms with Crippen molar-refractivity contribution < 1.29 is 0 Å². The quantitative estimate of drug-likeness (QED) is 0.722. The molecule has 0 aliphatic carbocycles. The molecule has 1 heterocycles. The molecule has 1 fully saturated rings. The highest BCUT2D eigenvalue weighted by Gasteiger charge is 2.38. The van der Waals surface area contributed by atoms with E-state index in [-0.39, 0.29) is 0 Å². The van der Waals surface area contributed by atoms with E-state index in [0.717, 1.165) is 0 Å². The first-order chi connectivity index (χ1) is 6.22. The molecule has 0 aromatic rings. The Balaban J connectivity index is 0.000000671. The van der Waals surface area contributed by atoms with E-state index in [1.54, 1.807) is 0 Å². The van der Waals surface area contributed by atoms with Crippen molar-refractivity contribution in [2.75, 3.05) is 33.7 Å². The molecule has 1 N–H and O–H groups in total. The van der Waals surface area contributed by atoms with Crippen LogP contribution in [0.1, 0.15) is 33.6 Å². The normalized spacial score (nSPS) is 20.1. The highest BCUT2D eigenvalue weighted by atomic mass is 15.2. The van der Waals surface area contributed by atoms with Gasteiger partial charge in [-0.3, -0.25) is 0 Å². The molecule has 2 nitrogen and oxygen atoms in total. The molecule has 13 heavy (non-hydrogen) atoms.